The number of carbonyl (C=O) groups excluding carboxylic acids is 1. The van der Waals surface area contributed by atoms with Crippen molar-refractivity contribution in [3.63, 3.8) is 0 Å². The first-order valence-corrected chi connectivity index (χ1v) is 7.06. The molecule has 4 nitrogen and oxygen atoms in total. The quantitative estimate of drug-likeness (QED) is 0.765. The number of para-hydroxylation sites is 1. The van der Waals surface area contributed by atoms with Gasteiger partial charge in [-0.1, -0.05) is 41.4 Å². The summed E-state index contributed by atoms with van der Waals surface area (Å²) in [6.07, 6.45) is 0.0969. The number of hydrogen-bond donors (Lipinski definition) is 2. The largest absolute Gasteiger partial charge is 0.308 e. The molecule has 0 bridgehead atoms. The second-order valence-corrected chi connectivity index (χ2v) is 5.36. The minimum atomic E-state index is -0.220. The van der Waals surface area contributed by atoms with Crippen molar-refractivity contribution in [1.82, 2.24) is 10.2 Å². The van der Waals surface area contributed by atoms with Gasteiger partial charge in [0.1, 0.15) is 0 Å². The Kier molecular flexibility index (Phi) is 3.82. The SMILES string of the molecule is O=C(Cc1c(Cl)cccc1Cl)Nc1n[nH]c2ccccc12. The minimum absolute atomic E-state index is 0.0969. The normalized spacial score (nSPS) is 10.8. The molecule has 0 radical (unpaired) electrons. The van der Waals surface area contributed by atoms with E-state index in [1.165, 1.54) is 0 Å². The highest BCUT2D eigenvalue weighted by Gasteiger charge is 2.13. The van der Waals surface area contributed by atoms with Crippen LogP contribution in [0.2, 0.25) is 10.0 Å². The Hall–Kier alpha value is -2.04. The summed E-state index contributed by atoms with van der Waals surface area (Å²) in [6.45, 7) is 0. The fourth-order valence-electron chi connectivity index (χ4n) is 2.10. The van der Waals surface area contributed by atoms with Crippen LogP contribution in [0, 0.1) is 0 Å². The maximum Gasteiger partial charge on any atom is 0.230 e. The van der Waals surface area contributed by atoms with Gasteiger partial charge in [-0.2, -0.15) is 5.10 Å². The summed E-state index contributed by atoms with van der Waals surface area (Å²) in [7, 11) is 0. The van der Waals surface area contributed by atoms with Crippen LogP contribution in [0.5, 0.6) is 0 Å². The van der Waals surface area contributed by atoms with Crippen molar-refractivity contribution < 1.29 is 4.79 Å². The summed E-state index contributed by atoms with van der Waals surface area (Å²) < 4.78 is 0. The number of halogens is 2. The zero-order chi connectivity index (χ0) is 14.8. The highest BCUT2D eigenvalue weighted by atomic mass is 35.5. The summed E-state index contributed by atoms with van der Waals surface area (Å²) in [4.78, 5) is 12.1. The molecule has 1 amide bonds. The van der Waals surface area contributed by atoms with Gasteiger partial charge in [0.05, 0.1) is 11.9 Å². The molecule has 0 fully saturated rings. The van der Waals surface area contributed by atoms with Gasteiger partial charge in [0.25, 0.3) is 0 Å². The van der Waals surface area contributed by atoms with E-state index in [0.717, 1.165) is 10.9 Å². The Bertz CT molecular complexity index is 793. The van der Waals surface area contributed by atoms with E-state index >= 15 is 0 Å². The van der Waals surface area contributed by atoms with Gasteiger partial charge in [-0.15, -0.1) is 0 Å². The number of hydrogen-bond acceptors (Lipinski definition) is 2. The van der Waals surface area contributed by atoms with Gasteiger partial charge in [0, 0.05) is 15.4 Å². The van der Waals surface area contributed by atoms with Crippen LogP contribution < -0.4 is 5.32 Å². The van der Waals surface area contributed by atoms with Crippen molar-refractivity contribution in [2.45, 2.75) is 6.42 Å². The third-order valence-electron chi connectivity index (χ3n) is 3.13. The molecule has 0 unspecified atom stereocenters. The van der Waals surface area contributed by atoms with Crippen LogP contribution in [0.3, 0.4) is 0 Å². The lowest BCUT2D eigenvalue weighted by Crippen LogP contribution is -2.15. The molecule has 3 aromatic rings. The number of anilines is 1. The summed E-state index contributed by atoms with van der Waals surface area (Å²) >= 11 is 12.1. The highest BCUT2D eigenvalue weighted by Crippen LogP contribution is 2.25. The van der Waals surface area contributed by atoms with Gasteiger partial charge in [-0.25, -0.2) is 0 Å². The van der Waals surface area contributed by atoms with Crippen LogP contribution in [0.4, 0.5) is 5.82 Å². The molecule has 2 aromatic carbocycles. The topological polar surface area (TPSA) is 57.8 Å². The lowest BCUT2D eigenvalue weighted by molar-refractivity contribution is -0.115. The number of nitrogens with one attached hydrogen (secondary N) is 2. The summed E-state index contributed by atoms with van der Waals surface area (Å²) in [6, 6.07) is 12.7. The smallest absolute Gasteiger partial charge is 0.230 e. The van der Waals surface area contributed by atoms with Crippen molar-refractivity contribution in [2.75, 3.05) is 5.32 Å². The van der Waals surface area contributed by atoms with Crippen LogP contribution >= 0.6 is 23.2 Å². The van der Waals surface area contributed by atoms with Crippen LogP contribution in [-0.4, -0.2) is 16.1 Å². The first-order chi connectivity index (χ1) is 10.1. The number of benzene rings is 2. The van der Waals surface area contributed by atoms with Crippen LogP contribution in [-0.2, 0) is 11.2 Å². The molecule has 0 spiro atoms. The lowest BCUT2D eigenvalue weighted by atomic mass is 10.1. The average molecular weight is 320 g/mol. The third-order valence-corrected chi connectivity index (χ3v) is 3.84. The van der Waals surface area contributed by atoms with E-state index in [9.17, 15) is 4.79 Å². The third kappa shape index (κ3) is 2.86. The zero-order valence-corrected chi connectivity index (χ0v) is 12.4. The summed E-state index contributed by atoms with van der Waals surface area (Å²) in [5, 5.41) is 11.5. The van der Waals surface area contributed by atoms with E-state index in [4.69, 9.17) is 23.2 Å². The van der Waals surface area contributed by atoms with Gasteiger partial charge in [-0.05, 0) is 29.8 Å². The van der Waals surface area contributed by atoms with Crippen molar-refractivity contribution in [3.05, 3.63) is 58.1 Å². The maximum absolute atomic E-state index is 12.1. The van der Waals surface area contributed by atoms with E-state index in [1.807, 2.05) is 24.3 Å². The highest BCUT2D eigenvalue weighted by molar-refractivity contribution is 6.36. The minimum Gasteiger partial charge on any atom is -0.308 e. The Morgan fingerprint density at radius 2 is 1.81 bits per heavy atom. The molecule has 1 aromatic heterocycles. The number of aromatic nitrogens is 2. The van der Waals surface area contributed by atoms with E-state index in [2.05, 4.69) is 15.5 Å². The molecular formula is C15H11Cl2N3O. The van der Waals surface area contributed by atoms with E-state index < -0.39 is 0 Å². The molecule has 21 heavy (non-hydrogen) atoms. The second-order valence-electron chi connectivity index (χ2n) is 4.54. The number of amides is 1. The van der Waals surface area contributed by atoms with Crippen molar-refractivity contribution in [1.29, 1.82) is 0 Å². The Morgan fingerprint density at radius 1 is 1.10 bits per heavy atom. The van der Waals surface area contributed by atoms with E-state index in [1.54, 1.807) is 18.2 Å². The molecule has 1 heterocycles. The monoisotopic (exact) mass is 319 g/mol. The molecule has 6 heteroatoms. The fourth-order valence-corrected chi connectivity index (χ4v) is 2.63. The maximum atomic E-state index is 12.1. The number of nitrogens with zero attached hydrogens (tertiary/aromatic N) is 1. The van der Waals surface area contributed by atoms with E-state index in [-0.39, 0.29) is 12.3 Å². The van der Waals surface area contributed by atoms with Crippen LogP contribution in [0.25, 0.3) is 10.9 Å². The summed E-state index contributed by atoms with van der Waals surface area (Å²) in [5.41, 5.74) is 1.47. The predicted octanol–water partition coefficient (Wildman–Crippen LogP) is 4.05. The first kappa shape index (κ1) is 13.9. The number of fused-ring (bicyclic) bond motifs is 1. The number of rotatable bonds is 3. The molecule has 3 rings (SSSR count). The zero-order valence-electron chi connectivity index (χ0n) is 10.9. The van der Waals surface area contributed by atoms with E-state index in [0.29, 0.717) is 21.4 Å². The molecular weight excluding hydrogens is 309 g/mol. The van der Waals surface area contributed by atoms with Gasteiger partial charge in [0.15, 0.2) is 5.82 Å². The predicted molar refractivity (Wildman–Crippen MR) is 84.9 cm³/mol. The van der Waals surface area contributed by atoms with Gasteiger partial charge < -0.3 is 5.32 Å². The van der Waals surface area contributed by atoms with Gasteiger partial charge in [0.2, 0.25) is 5.91 Å². The Morgan fingerprint density at radius 3 is 2.57 bits per heavy atom. The molecule has 0 aliphatic rings. The van der Waals surface area contributed by atoms with Crippen molar-refractivity contribution in [2.24, 2.45) is 0 Å². The second kappa shape index (κ2) is 5.76. The molecule has 0 atom stereocenters. The van der Waals surface area contributed by atoms with Crippen LogP contribution in [0.1, 0.15) is 5.56 Å². The Labute approximate surface area is 131 Å². The Balaban J connectivity index is 1.81. The molecule has 0 saturated heterocycles. The standard InChI is InChI=1S/C15H11Cl2N3O/c16-11-5-3-6-12(17)10(11)8-14(21)18-15-9-4-1-2-7-13(9)19-20-15/h1-7H,8H2,(H2,18,19,20,21). The first-order valence-electron chi connectivity index (χ1n) is 6.31. The number of aromatic amines is 1. The number of carbonyl (C=O) groups is 1. The summed E-state index contributed by atoms with van der Waals surface area (Å²) in [5.74, 6) is 0.279. The van der Waals surface area contributed by atoms with Gasteiger partial charge in [-0.3, -0.25) is 9.89 Å². The van der Waals surface area contributed by atoms with Crippen molar-refractivity contribution >= 4 is 45.8 Å². The average Bonchev–Trinajstić information content (AvgIpc) is 2.87. The fraction of sp³-hybridized carbons (Fsp3) is 0.0667. The van der Waals surface area contributed by atoms with Crippen molar-refractivity contribution in [3.8, 4) is 0 Å². The lowest BCUT2D eigenvalue weighted by Gasteiger charge is -2.06. The molecule has 106 valence electrons. The molecule has 0 saturated carbocycles. The molecule has 0 aliphatic carbocycles. The van der Waals surface area contributed by atoms with Crippen LogP contribution in [0.15, 0.2) is 42.5 Å². The molecule has 2 N–H and O–H groups in total. The molecule has 0 aliphatic heterocycles. The number of H-pyrrole nitrogens is 1. The van der Waals surface area contributed by atoms with Gasteiger partial charge >= 0.3 is 0 Å².